The number of amides is 1. The molecule has 0 spiro atoms. The van der Waals surface area contributed by atoms with Gasteiger partial charge in [0.05, 0.1) is 30.5 Å². The Morgan fingerprint density at radius 3 is 2.56 bits per heavy atom. The quantitative estimate of drug-likeness (QED) is 0.340. The summed E-state index contributed by atoms with van der Waals surface area (Å²) in [7, 11) is 0. The number of rotatable bonds is 6. The van der Waals surface area contributed by atoms with E-state index in [4.69, 9.17) is 9.15 Å². The molecule has 2 N–H and O–H groups in total. The highest BCUT2D eigenvalue weighted by Crippen LogP contribution is 2.41. The van der Waals surface area contributed by atoms with E-state index in [1.807, 2.05) is 13.8 Å². The molecule has 164 valence electrons. The number of aromatic hydroxyl groups is 1. The summed E-state index contributed by atoms with van der Waals surface area (Å²) in [6.07, 6.45) is 1.41. The van der Waals surface area contributed by atoms with Gasteiger partial charge in [0.2, 0.25) is 0 Å². The zero-order valence-electron chi connectivity index (χ0n) is 17.7. The van der Waals surface area contributed by atoms with Gasteiger partial charge in [-0.25, -0.2) is 0 Å². The van der Waals surface area contributed by atoms with Crippen molar-refractivity contribution < 1.29 is 29.0 Å². The molecule has 1 aliphatic rings. The van der Waals surface area contributed by atoms with Crippen LogP contribution in [0.25, 0.3) is 5.76 Å². The fourth-order valence-electron chi connectivity index (χ4n) is 3.80. The Morgan fingerprint density at radius 2 is 1.88 bits per heavy atom. The van der Waals surface area contributed by atoms with Crippen LogP contribution in [0.15, 0.2) is 76.9 Å². The maximum Gasteiger partial charge on any atom is 0.296 e. The molecule has 1 fully saturated rings. The van der Waals surface area contributed by atoms with Crippen LogP contribution in [0.3, 0.4) is 0 Å². The first-order valence-electron chi connectivity index (χ1n) is 10.2. The summed E-state index contributed by atoms with van der Waals surface area (Å²) < 4.78 is 11.1. The van der Waals surface area contributed by atoms with Gasteiger partial charge in [-0.1, -0.05) is 24.3 Å². The topological polar surface area (TPSA) is 100 Å². The minimum absolute atomic E-state index is 0.0154. The first-order chi connectivity index (χ1) is 15.3. The highest BCUT2D eigenvalue weighted by Gasteiger charge is 2.46. The number of phenolic OH excluding ortho intramolecular Hbond substituents is 1. The number of benzene rings is 2. The number of carbonyl (C=O) groups is 2. The number of hydrogen-bond acceptors (Lipinski definition) is 6. The average Bonchev–Trinajstić information content (AvgIpc) is 3.35. The van der Waals surface area contributed by atoms with Crippen LogP contribution in [-0.2, 0) is 16.1 Å². The summed E-state index contributed by atoms with van der Waals surface area (Å²) >= 11 is 0. The van der Waals surface area contributed by atoms with Crippen LogP contribution in [0.1, 0.15) is 36.8 Å². The molecule has 1 aromatic heterocycles. The molecule has 1 saturated heterocycles. The number of carbonyl (C=O) groups excluding carboxylic acids is 2. The number of phenols is 1. The van der Waals surface area contributed by atoms with E-state index < -0.39 is 17.7 Å². The van der Waals surface area contributed by atoms with Gasteiger partial charge in [0, 0.05) is 5.56 Å². The summed E-state index contributed by atoms with van der Waals surface area (Å²) in [6.45, 7) is 3.80. The van der Waals surface area contributed by atoms with Gasteiger partial charge in [-0.3, -0.25) is 9.59 Å². The Balaban J connectivity index is 1.84. The Kier molecular flexibility index (Phi) is 5.73. The van der Waals surface area contributed by atoms with E-state index in [2.05, 4.69) is 0 Å². The number of likely N-dealkylation sites (tertiary alicyclic amines) is 1. The van der Waals surface area contributed by atoms with E-state index in [1.165, 1.54) is 23.3 Å². The monoisotopic (exact) mass is 433 g/mol. The fourth-order valence-corrected chi connectivity index (χ4v) is 3.80. The Labute approximate surface area is 185 Å². The average molecular weight is 433 g/mol. The predicted molar refractivity (Wildman–Crippen MR) is 117 cm³/mol. The molecule has 4 rings (SSSR count). The smallest absolute Gasteiger partial charge is 0.296 e. The largest absolute Gasteiger partial charge is 0.508 e. The number of nitrogens with zero attached hydrogens (tertiary/aromatic N) is 1. The number of ether oxygens (including phenoxy) is 1. The van der Waals surface area contributed by atoms with Crippen LogP contribution in [-0.4, -0.2) is 32.9 Å². The zero-order chi connectivity index (χ0) is 22.8. The van der Waals surface area contributed by atoms with Crippen molar-refractivity contribution in [3.8, 4) is 11.5 Å². The molecule has 7 nitrogen and oxygen atoms in total. The summed E-state index contributed by atoms with van der Waals surface area (Å²) in [6, 6.07) is 15.5. The van der Waals surface area contributed by atoms with Gasteiger partial charge in [0.25, 0.3) is 11.7 Å². The van der Waals surface area contributed by atoms with Crippen molar-refractivity contribution in [2.45, 2.75) is 32.5 Å². The van der Waals surface area contributed by atoms with Gasteiger partial charge in [0.1, 0.15) is 23.0 Å². The second-order valence-electron chi connectivity index (χ2n) is 7.80. The lowest BCUT2D eigenvalue weighted by Gasteiger charge is -2.24. The highest BCUT2D eigenvalue weighted by molar-refractivity contribution is 6.46. The van der Waals surface area contributed by atoms with Crippen molar-refractivity contribution in [3.05, 3.63) is 89.4 Å². The lowest BCUT2D eigenvalue weighted by Crippen LogP contribution is -2.29. The van der Waals surface area contributed by atoms with Gasteiger partial charge in [0.15, 0.2) is 0 Å². The van der Waals surface area contributed by atoms with Crippen LogP contribution in [0, 0.1) is 0 Å². The summed E-state index contributed by atoms with van der Waals surface area (Å²) in [4.78, 5) is 27.3. The van der Waals surface area contributed by atoms with Gasteiger partial charge < -0.3 is 24.3 Å². The predicted octanol–water partition coefficient (Wildman–Crippen LogP) is 4.39. The van der Waals surface area contributed by atoms with Crippen molar-refractivity contribution in [3.63, 3.8) is 0 Å². The van der Waals surface area contributed by atoms with Crippen molar-refractivity contribution >= 4 is 17.4 Å². The lowest BCUT2D eigenvalue weighted by atomic mass is 9.95. The van der Waals surface area contributed by atoms with Crippen molar-refractivity contribution in [2.24, 2.45) is 0 Å². The van der Waals surface area contributed by atoms with Gasteiger partial charge in [-0.2, -0.15) is 0 Å². The van der Waals surface area contributed by atoms with E-state index in [1.54, 1.807) is 48.5 Å². The molecule has 3 aromatic rings. The highest BCUT2D eigenvalue weighted by atomic mass is 16.5. The van der Waals surface area contributed by atoms with E-state index in [-0.39, 0.29) is 29.7 Å². The van der Waals surface area contributed by atoms with Crippen LogP contribution in [0.2, 0.25) is 0 Å². The number of aliphatic hydroxyl groups is 1. The van der Waals surface area contributed by atoms with E-state index >= 15 is 0 Å². The van der Waals surface area contributed by atoms with E-state index in [0.717, 1.165) is 0 Å². The third-order valence-corrected chi connectivity index (χ3v) is 5.11. The van der Waals surface area contributed by atoms with Gasteiger partial charge in [-0.15, -0.1) is 0 Å². The zero-order valence-corrected chi connectivity index (χ0v) is 17.7. The second kappa shape index (κ2) is 8.63. The first kappa shape index (κ1) is 21.2. The molecular weight excluding hydrogens is 410 g/mol. The SMILES string of the molecule is CC(C)Oc1cccc(/C(O)=C2/C(=O)C(=O)N(Cc3ccco3)C2c2cccc(O)c2)c1. The van der Waals surface area contributed by atoms with E-state index in [0.29, 0.717) is 22.6 Å². The number of Topliss-reactive ketones (excluding diaryl/α,β-unsaturated/α-hetero) is 1. The molecular formula is C25H23NO6. The molecule has 1 atom stereocenters. The molecule has 0 radical (unpaired) electrons. The van der Waals surface area contributed by atoms with Crippen molar-refractivity contribution in [1.29, 1.82) is 0 Å². The van der Waals surface area contributed by atoms with Crippen LogP contribution in [0.5, 0.6) is 11.5 Å². The number of ketones is 1. The minimum Gasteiger partial charge on any atom is -0.508 e. The number of hydrogen-bond donors (Lipinski definition) is 2. The maximum absolute atomic E-state index is 13.1. The Bertz CT molecular complexity index is 1180. The van der Waals surface area contributed by atoms with Crippen LogP contribution >= 0.6 is 0 Å². The molecule has 2 heterocycles. The Morgan fingerprint density at radius 1 is 1.09 bits per heavy atom. The summed E-state index contributed by atoms with van der Waals surface area (Å²) in [5.74, 6) is -0.873. The number of furan rings is 1. The molecule has 0 aliphatic carbocycles. The molecule has 7 heteroatoms. The molecule has 2 aromatic carbocycles. The van der Waals surface area contributed by atoms with Crippen LogP contribution < -0.4 is 4.74 Å². The molecule has 1 unspecified atom stereocenters. The van der Waals surface area contributed by atoms with Crippen molar-refractivity contribution in [2.75, 3.05) is 0 Å². The second-order valence-corrected chi connectivity index (χ2v) is 7.80. The number of aliphatic hydroxyl groups excluding tert-OH is 1. The van der Waals surface area contributed by atoms with Gasteiger partial charge in [-0.05, 0) is 55.8 Å². The molecule has 1 amide bonds. The third-order valence-electron chi connectivity index (χ3n) is 5.11. The molecule has 0 saturated carbocycles. The standard InChI is InChI=1S/C25H23NO6/c1-15(2)32-19-9-4-7-17(13-19)23(28)21-22(16-6-3-8-18(27)12-16)26(25(30)24(21)29)14-20-10-5-11-31-20/h3-13,15,22,27-28H,14H2,1-2H3/b23-21-. The third kappa shape index (κ3) is 4.09. The lowest BCUT2D eigenvalue weighted by molar-refractivity contribution is -0.140. The molecule has 1 aliphatic heterocycles. The van der Waals surface area contributed by atoms with Crippen LogP contribution in [0.4, 0.5) is 0 Å². The first-order valence-corrected chi connectivity index (χ1v) is 10.2. The summed E-state index contributed by atoms with van der Waals surface area (Å²) in [5.41, 5.74) is 0.782. The van der Waals surface area contributed by atoms with E-state index in [9.17, 15) is 19.8 Å². The fraction of sp³-hybridized carbons (Fsp3) is 0.200. The molecule has 32 heavy (non-hydrogen) atoms. The normalized spacial score (nSPS) is 17.8. The Hall–Kier alpha value is -4.00. The molecule has 0 bridgehead atoms. The van der Waals surface area contributed by atoms with Crippen molar-refractivity contribution in [1.82, 2.24) is 4.90 Å². The minimum atomic E-state index is -0.901. The maximum atomic E-state index is 13.1. The summed E-state index contributed by atoms with van der Waals surface area (Å²) in [5, 5.41) is 21.2. The van der Waals surface area contributed by atoms with Gasteiger partial charge >= 0.3 is 0 Å².